The van der Waals surface area contributed by atoms with Crippen LogP contribution in [0.25, 0.3) is 0 Å². The molecule has 0 fully saturated rings. The number of hydrogen-bond acceptors (Lipinski definition) is 4. The second-order valence-corrected chi connectivity index (χ2v) is 4.32. The summed E-state index contributed by atoms with van der Waals surface area (Å²) in [7, 11) is 1.23. The molecular weight excluding hydrogens is 276 g/mol. The number of likely N-dealkylation sites (N-methyl/N-ethyl adjacent to an activating group) is 1. The molecule has 0 aliphatic rings. The van der Waals surface area contributed by atoms with Gasteiger partial charge in [0.25, 0.3) is 0 Å². The van der Waals surface area contributed by atoms with Crippen LogP contribution in [0.15, 0.2) is 18.2 Å². The first-order chi connectivity index (χ1) is 9.90. The lowest BCUT2D eigenvalue weighted by Gasteiger charge is -2.21. The number of carboxylic acid groups (broad SMARTS) is 1. The third-order valence-electron chi connectivity index (χ3n) is 2.95. The fourth-order valence-corrected chi connectivity index (χ4v) is 1.75. The molecule has 0 saturated carbocycles. The van der Waals surface area contributed by atoms with Crippen LogP contribution in [0.3, 0.4) is 0 Å². The normalized spacial score (nSPS) is 9.86. The number of aryl methyl sites for hydroxylation is 1. The number of nitrogens with zero attached hydrogens (tertiary/aromatic N) is 1. The zero-order chi connectivity index (χ0) is 16.0. The molecule has 1 rings (SSSR count). The van der Waals surface area contributed by atoms with E-state index in [2.05, 4.69) is 10.1 Å². The molecule has 0 spiro atoms. The lowest BCUT2D eigenvalue weighted by Crippen LogP contribution is -2.39. The van der Waals surface area contributed by atoms with Crippen molar-refractivity contribution in [2.24, 2.45) is 0 Å². The highest BCUT2D eigenvalue weighted by Gasteiger charge is 2.19. The second kappa shape index (κ2) is 7.28. The average Bonchev–Trinajstić information content (AvgIpc) is 2.45. The van der Waals surface area contributed by atoms with E-state index in [0.717, 1.165) is 0 Å². The molecule has 2 N–H and O–H groups in total. The minimum atomic E-state index is -1.13. The van der Waals surface area contributed by atoms with E-state index in [-0.39, 0.29) is 24.3 Å². The Balaban J connectivity index is 2.96. The number of nitrogens with one attached hydrogen (secondary N) is 1. The summed E-state index contributed by atoms with van der Waals surface area (Å²) < 4.78 is 4.51. The first-order valence-corrected chi connectivity index (χ1v) is 6.36. The van der Waals surface area contributed by atoms with Gasteiger partial charge in [0, 0.05) is 6.54 Å². The minimum Gasteiger partial charge on any atom is -0.478 e. The second-order valence-electron chi connectivity index (χ2n) is 4.32. The van der Waals surface area contributed by atoms with Gasteiger partial charge in [0.15, 0.2) is 0 Å². The van der Waals surface area contributed by atoms with Gasteiger partial charge in [-0.3, -0.25) is 4.79 Å². The molecule has 0 aliphatic carbocycles. The number of hydrogen-bond donors (Lipinski definition) is 2. The summed E-state index contributed by atoms with van der Waals surface area (Å²) in [5.74, 6) is -1.68. The van der Waals surface area contributed by atoms with Crippen molar-refractivity contribution in [3.8, 4) is 0 Å². The summed E-state index contributed by atoms with van der Waals surface area (Å²) in [6, 6.07) is 4.14. The molecule has 21 heavy (non-hydrogen) atoms. The number of ether oxygens (including phenoxy) is 1. The van der Waals surface area contributed by atoms with Crippen molar-refractivity contribution in [2.45, 2.75) is 13.8 Å². The summed E-state index contributed by atoms with van der Waals surface area (Å²) in [6.45, 7) is 3.49. The average molecular weight is 294 g/mol. The van der Waals surface area contributed by atoms with Crippen molar-refractivity contribution in [1.29, 1.82) is 0 Å². The predicted octanol–water partition coefficient (Wildman–Crippen LogP) is 1.72. The number of carboxylic acids is 1. The number of aromatic carboxylic acids is 1. The highest BCUT2D eigenvalue weighted by Crippen LogP contribution is 2.21. The SMILES string of the molecule is CCN(CC(=O)OC)C(=O)Nc1c(C)cccc1C(=O)O. The molecule has 1 aromatic rings. The number of methoxy groups -OCH3 is 1. The Hall–Kier alpha value is -2.57. The summed E-state index contributed by atoms with van der Waals surface area (Å²) >= 11 is 0. The van der Waals surface area contributed by atoms with Crippen molar-refractivity contribution in [2.75, 3.05) is 25.5 Å². The number of benzene rings is 1. The number of esters is 1. The predicted molar refractivity (Wildman–Crippen MR) is 76.4 cm³/mol. The molecule has 0 heterocycles. The smallest absolute Gasteiger partial charge is 0.337 e. The van der Waals surface area contributed by atoms with E-state index in [0.29, 0.717) is 5.56 Å². The number of rotatable bonds is 5. The molecule has 114 valence electrons. The maximum atomic E-state index is 12.1. The molecule has 0 aromatic heterocycles. The molecule has 7 heteroatoms. The summed E-state index contributed by atoms with van der Waals surface area (Å²) in [6.07, 6.45) is 0. The third-order valence-corrected chi connectivity index (χ3v) is 2.95. The van der Waals surface area contributed by atoms with Crippen molar-refractivity contribution in [1.82, 2.24) is 4.90 Å². The number of urea groups is 1. The van der Waals surface area contributed by atoms with Gasteiger partial charge in [-0.1, -0.05) is 12.1 Å². The van der Waals surface area contributed by atoms with E-state index in [9.17, 15) is 14.4 Å². The van der Waals surface area contributed by atoms with Crippen LogP contribution in [0.2, 0.25) is 0 Å². The highest BCUT2D eigenvalue weighted by molar-refractivity contribution is 6.01. The van der Waals surface area contributed by atoms with E-state index in [4.69, 9.17) is 5.11 Å². The van der Waals surface area contributed by atoms with Crippen LogP contribution in [0.5, 0.6) is 0 Å². The van der Waals surface area contributed by atoms with Crippen LogP contribution in [0.1, 0.15) is 22.8 Å². The topological polar surface area (TPSA) is 95.9 Å². The van der Waals surface area contributed by atoms with Crippen molar-refractivity contribution < 1.29 is 24.2 Å². The van der Waals surface area contributed by atoms with Gasteiger partial charge < -0.3 is 20.1 Å². The summed E-state index contributed by atoms with van der Waals surface area (Å²) in [5.41, 5.74) is 0.841. The number of carbonyl (C=O) groups is 3. The van der Waals surface area contributed by atoms with Crippen LogP contribution in [0.4, 0.5) is 10.5 Å². The van der Waals surface area contributed by atoms with Gasteiger partial charge in [-0.2, -0.15) is 0 Å². The number of anilines is 1. The van der Waals surface area contributed by atoms with Gasteiger partial charge in [0.05, 0.1) is 18.4 Å². The molecule has 0 saturated heterocycles. The molecule has 0 radical (unpaired) electrons. The van der Waals surface area contributed by atoms with E-state index < -0.39 is 18.0 Å². The number of amides is 2. The Labute approximate surface area is 122 Å². The summed E-state index contributed by atoms with van der Waals surface area (Å²) in [4.78, 5) is 35.8. The zero-order valence-electron chi connectivity index (χ0n) is 12.2. The van der Waals surface area contributed by atoms with Gasteiger partial charge in [0.2, 0.25) is 0 Å². The van der Waals surface area contributed by atoms with Gasteiger partial charge in [-0.05, 0) is 25.5 Å². The monoisotopic (exact) mass is 294 g/mol. The van der Waals surface area contributed by atoms with Crippen molar-refractivity contribution >= 4 is 23.7 Å². The Bertz CT molecular complexity index is 556. The molecule has 0 atom stereocenters. The van der Waals surface area contributed by atoms with Crippen LogP contribution in [-0.4, -0.2) is 48.2 Å². The van der Waals surface area contributed by atoms with E-state index in [1.807, 2.05) is 0 Å². The van der Waals surface area contributed by atoms with Crippen LogP contribution >= 0.6 is 0 Å². The Morgan fingerprint density at radius 2 is 2.00 bits per heavy atom. The molecule has 2 amide bonds. The fraction of sp³-hybridized carbons (Fsp3) is 0.357. The van der Waals surface area contributed by atoms with Crippen molar-refractivity contribution in [3.63, 3.8) is 0 Å². The van der Waals surface area contributed by atoms with Gasteiger partial charge >= 0.3 is 18.0 Å². The quantitative estimate of drug-likeness (QED) is 0.806. The largest absolute Gasteiger partial charge is 0.478 e. The van der Waals surface area contributed by atoms with Crippen LogP contribution in [-0.2, 0) is 9.53 Å². The zero-order valence-corrected chi connectivity index (χ0v) is 12.2. The minimum absolute atomic E-state index is 0.00234. The Morgan fingerprint density at radius 1 is 1.33 bits per heavy atom. The van der Waals surface area contributed by atoms with Crippen LogP contribution in [0, 0.1) is 6.92 Å². The molecule has 0 unspecified atom stereocenters. The molecule has 0 bridgehead atoms. The number of para-hydroxylation sites is 1. The lowest BCUT2D eigenvalue weighted by molar-refractivity contribution is -0.141. The van der Waals surface area contributed by atoms with Gasteiger partial charge in [-0.25, -0.2) is 9.59 Å². The standard InChI is InChI=1S/C14H18N2O5/c1-4-16(8-11(17)21-3)14(20)15-12-9(2)6-5-7-10(12)13(18)19/h5-7H,4,8H2,1-3H3,(H,15,20)(H,18,19). The lowest BCUT2D eigenvalue weighted by atomic mass is 10.1. The Kier molecular flexibility index (Phi) is 5.71. The maximum Gasteiger partial charge on any atom is 0.337 e. The molecule has 7 nitrogen and oxygen atoms in total. The van der Waals surface area contributed by atoms with Gasteiger partial charge in [0.1, 0.15) is 6.54 Å². The van der Waals surface area contributed by atoms with E-state index in [1.165, 1.54) is 18.1 Å². The first kappa shape index (κ1) is 16.5. The molecule has 0 aliphatic heterocycles. The fourth-order valence-electron chi connectivity index (χ4n) is 1.75. The maximum absolute atomic E-state index is 12.1. The van der Waals surface area contributed by atoms with E-state index >= 15 is 0 Å². The highest BCUT2D eigenvalue weighted by atomic mass is 16.5. The third kappa shape index (κ3) is 4.20. The molecule has 1 aromatic carbocycles. The van der Waals surface area contributed by atoms with E-state index in [1.54, 1.807) is 26.0 Å². The summed E-state index contributed by atoms with van der Waals surface area (Å²) in [5, 5.41) is 11.7. The van der Waals surface area contributed by atoms with Crippen LogP contribution < -0.4 is 5.32 Å². The number of carbonyl (C=O) groups excluding carboxylic acids is 2. The molecular formula is C14H18N2O5. The van der Waals surface area contributed by atoms with Gasteiger partial charge in [-0.15, -0.1) is 0 Å². The Morgan fingerprint density at radius 3 is 2.52 bits per heavy atom. The first-order valence-electron chi connectivity index (χ1n) is 6.36. The van der Waals surface area contributed by atoms with Crippen molar-refractivity contribution in [3.05, 3.63) is 29.3 Å².